The molecular weight excluding hydrogens is 158 g/mol. The summed E-state index contributed by atoms with van der Waals surface area (Å²) in [4.78, 5) is 0. The van der Waals surface area contributed by atoms with E-state index >= 15 is 0 Å². The molecule has 2 heteroatoms. The van der Waals surface area contributed by atoms with Gasteiger partial charge >= 0.3 is 0 Å². The second kappa shape index (κ2) is 5.00. The van der Waals surface area contributed by atoms with Crippen molar-refractivity contribution in [3.63, 3.8) is 0 Å². The Morgan fingerprint density at radius 1 is 1.27 bits per heavy atom. The molecule has 68 valence electrons. The van der Waals surface area contributed by atoms with Gasteiger partial charge in [0, 0.05) is 18.2 Å². The predicted molar refractivity (Wildman–Crippen MR) is 52.0 cm³/mol. The van der Waals surface area contributed by atoms with Gasteiger partial charge in [0.15, 0.2) is 0 Å². The van der Waals surface area contributed by atoms with Crippen LogP contribution in [-0.4, -0.2) is 37.5 Å². The average molecular weight is 179 g/mol. The normalized spacial score (nSPS) is 12.5. The Hall–Kier alpha value is 0.250. The van der Waals surface area contributed by atoms with E-state index in [1.807, 2.05) is 0 Å². The van der Waals surface area contributed by atoms with E-state index in [1.54, 1.807) is 0 Å². The molecule has 11 heavy (non-hydrogen) atoms. The van der Waals surface area contributed by atoms with Gasteiger partial charge in [-0.3, -0.25) is 0 Å². The molecule has 0 saturated carbocycles. The number of rotatable bonds is 5. The van der Waals surface area contributed by atoms with Crippen LogP contribution in [0, 0.1) is 5.92 Å². The SMILES string of the molecule is CC(C)C[N+](C)(C)CCCCl. The first kappa shape index (κ1) is 11.2. The van der Waals surface area contributed by atoms with Crippen molar-refractivity contribution >= 4 is 11.6 Å². The Balaban J connectivity index is 3.61. The fourth-order valence-corrected chi connectivity index (χ4v) is 1.69. The fraction of sp³-hybridized carbons (Fsp3) is 1.00. The van der Waals surface area contributed by atoms with Crippen LogP contribution in [0.4, 0.5) is 0 Å². The van der Waals surface area contributed by atoms with Gasteiger partial charge in [-0.2, -0.15) is 0 Å². The van der Waals surface area contributed by atoms with Crippen molar-refractivity contribution in [3.05, 3.63) is 0 Å². The third-order valence-corrected chi connectivity index (χ3v) is 2.02. The maximum atomic E-state index is 5.63. The minimum absolute atomic E-state index is 0.778. The zero-order valence-electron chi connectivity index (χ0n) is 8.23. The molecule has 0 saturated heterocycles. The van der Waals surface area contributed by atoms with Crippen molar-refractivity contribution in [2.75, 3.05) is 33.1 Å². The predicted octanol–water partition coefficient (Wildman–Crippen LogP) is 2.35. The van der Waals surface area contributed by atoms with Gasteiger partial charge in [0.2, 0.25) is 0 Å². The smallest absolute Gasteiger partial charge is 0.0805 e. The summed E-state index contributed by atoms with van der Waals surface area (Å²) in [5, 5.41) is 0. The first-order valence-electron chi connectivity index (χ1n) is 4.36. The lowest BCUT2D eigenvalue weighted by molar-refractivity contribution is -0.893. The van der Waals surface area contributed by atoms with Gasteiger partial charge in [0.05, 0.1) is 27.2 Å². The van der Waals surface area contributed by atoms with Gasteiger partial charge in [-0.1, -0.05) is 13.8 Å². The summed E-state index contributed by atoms with van der Waals surface area (Å²) >= 11 is 5.63. The number of quaternary nitrogens is 1. The Morgan fingerprint density at radius 3 is 2.18 bits per heavy atom. The average Bonchev–Trinajstić information content (AvgIpc) is 1.81. The van der Waals surface area contributed by atoms with E-state index in [0.29, 0.717) is 0 Å². The highest BCUT2D eigenvalue weighted by atomic mass is 35.5. The molecule has 1 nitrogen and oxygen atoms in total. The van der Waals surface area contributed by atoms with Crippen molar-refractivity contribution in [2.45, 2.75) is 20.3 Å². The van der Waals surface area contributed by atoms with Crippen molar-refractivity contribution in [2.24, 2.45) is 5.92 Å². The highest BCUT2D eigenvalue weighted by Crippen LogP contribution is 2.05. The van der Waals surface area contributed by atoms with Crippen molar-refractivity contribution in [1.82, 2.24) is 0 Å². The van der Waals surface area contributed by atoms with Crippen LogP contribution >= 0.6 is 11.6 Å². The molecule has 0 aliphatic heterocycles. The Kier molecular flexibility index (Phi) is 5.11. The molecule has 0 fully saturated rings. The Bertz CT molecular complexity index is 99.7. The molecule has 0 spiro atoms. The zero-order chi connectivity index (χ0) is 8.91. The second-order valence-electron chi connectivity index (χ2n) is 4.28. The van der Waals surface area contributed by atoms with Gasteiger partial charge in [-0.05, 0) is 0 Å². The van der Waals surface area contributed by atoms with Crippen LogP contribution in [0.3, 0.4) is 0 Å². The van der Waals surface area contributed by atoms with Gasteiger partial charge in [0.25, 0.3) is 0 Å². The van der Waals surface area contributed by atoms with Crippen molar-refractivity contribution in [3.8, 4) is 0 Å². The number of halogens is 1. The first-order valence-corrected chi connectivity index (χ1v) is 4.89. The van der Waals surface area contributed by atoms with E-state index < -0.39 is 0 Å². The molecule has 0 aromatic carbocycles. The van der Waals surface area contributed by atoms with E-state index in [-0.39, 0.29) is 0 Å². The van der Waals surface area contributed by atoms with Gasteiger partial charge in [-0.15, -0.1) is 11.6 Å². The van der Waals surface area contributed by atoms with E-state index in [4.69, 9.17) is 11.6 Å². The standard InChI is InChI=1S/C9H21ClN/c1-9(2)8-11(3,4)7-5-6-10/h9H,5-8H2,1-4H3/q+1. The largest absolute Gasteiger partial charge is 0.328 e. The highest BCUT2D eigenvalue weighted by Gasteiger charge is 2.15. The van der Waals surface area contributed by atoms with Gasteiger partial charge in [-0.25, -0.2) is 0 Å². The quantitative estimate of drug-likeness (QED) is 0.448. The molecule has 0 bridgehead atoms. The molecule has 0 aliphatic carbocycles. The lowest BCUT2D eigenvalue weighted by atomic mass is 10.2. The summed E-state index contributed by atoms with van der Waals surface area (Å²) in [6, 6.07) is 0. The summed E-state index contributed by atoms with van der Waals surface area (Å²) in [6.45, 7) is 6.97. The molecule has 0 aromatic heterocycles. The molecule has 0 unspecified atom stereocenters. The molecule has 0 amide bonds. The second-order valence-corrected chi connectivity index (χ2v) is 4.66. The molecule has 0 N–H and O–H groups in total. The molecule has 0 radical (unpaired) electrons. The summed E-state index contributed by atoms with van der Waals surface area (Å²) in [5.41, 5.74) is 0. The molecular formula is C9H21ClN+. The number of nitrogens with zero attached hydrogens (tertiary/aromatic N) is 1. The van der Waals surface area contributed by atoms with Crippen LogP contribution in [-0.2, 0) is 0 Å². The monoisotopic (exact) mass is 178 g/mol. The lowest BCUT2D eigenvalue weighted by Crippen LogP contribution is -2.43. The van der Waals surface area contributed by atoms with Crippen LogP contribution < -0.4 is 0 Å². The lowest BCUT2D eigenvalue weighted by Gasteiger charge is -2.31. The summed E-state index contributed by atoms with van der Waals surface area (Å²) < 4.78 is 1.10. The summed E-state index contributed by atoms with van der Waals surface area (Å²) in [5.74, 6) is 1.57. The minimum atomic E-state index is 0.778. The number of alkyl halides is 1. The van der Waals surface area contributed by atoms with E-state index in [1.165, 1.54) is 13.1 Å². The first-order chi connectivity index (χ1) is 4.98. The molecule has 0 aromatic rings. The van der Waals surface area contributed by atoms with Gasteiger partial charge < -0.3 is 4.48 Å². The van der Waals surface area contributed by atoms with Crippen LogP contribution in [0.15, 0.2) is 0 Å². The van der Waals surface area contributed by atoms with E-state index in [0.717, 1.165) is 22.7 Å². The van der Waals surface area contributed by atoms with Crippen LogP contribution in [0.1, 0.15) is 20.3 Å². The minimum Gasteiger partial charge on any atom is -0.328 e. The fourth-order valence-electron chi connectivity index (χ4n) is 1.57. The topological polar surface area (TPSA) is 0 Å². The maximum absolute atomic E-state index is 5.63. The Morgan fingerprint density at radius 2 is 1.82 bits per heavy atom. The third-order valence-electron chi connectivity index (χ3n) is 1.76. The van der Waals surface area contributed by atoms with Crippen LogP contribution in [0.2, 0.25) is 0 Å². The van der Waals surface area contributed by atoms with E-state index in [9.17, 15) is 0 Å². The summed E-state index contributed by atoms with van der Waals surface area (Å²) in [7, 11) is 4.54. The van der Waals surface area contributed by atoms with Gasteiger partial charge in [0.1, 0.15) is 0 Å². The maximum Gasteiger partial charge on any atom is 0.0805 e. The molecule has 0 aliphatic rings. The number of hydrogen-bond donors (Lipinski definition) is 0. The van der Waals surface area contributed by atoms with Crippen molar-refractivity contribution in [1.29, 1.82) is 0 Å². The summed E-state index contributed by atoms with van der Waals surface area (Å²) in [6.07, 6.45) is 1.13. The molecule has 0 heterocycles. The highest BCUT2D eigenvalue weighted by molar-refractivity contribution is 6.17. The number of hydrogen-bond acceptors (Lipinski definition) is 0. The molecule has 0 atom stereocenters. The van der Waals surface area contributed by atoms with Crippen LogP contribution in [0.5, 0.6) is 0 Å². The van der Waals surface area contributed by atoms with Crippen molar-refractivity contribution < 1.29 is 4.48 Å². The third kappa shape index (κ3) is 6.64. The molecule has 0 rings (SSSR count). The zero-order valence-corrected chi connectivity index (χ0v) is 8.99. The van der Waals surface area contributed by atoms with E-state index in [2.05, 4.69) is 27.9 Å². The van der Waals surface area contributed by atoms with Crippen LogP contribution in [0.25, 0.3) is 0 Å². The Labute approximate surface area is 75.9 Å².